The predicted molar refractivity (Wildman–Crippen MR) is 107 cm³/mol. The maximum atomic E-state index is 12.9. The van der Waals surface area contributed by atoms with E-state index < -0.39 is 0 Å². The van der Waals surface area contributed by atoms with Gasteiger partial charge in [-0.1, -0.05) is 31.4 Å². The first kappa shape index (κ1) is 18.6. The summed E-state index contributed by atoms with van der Waals surface area (Å²) in [5.41, 5.74) is 1.24. The van der Waals surface area contributed by atoms with Crippen LogP contribution in [0.5, 0.6) is 5.75 Å². The minimum Gasteiger partial charge on any atom is -0.497 e. The van der Waals surface area contributed by atoms with Crippen LogP contribution in [-0.4, -0.2) is 67.6 Å². The van der Waals surface area contributed by atoms with Crippen molar-refractivity contribution in [3.63, 3.8) is 0 Å². The number of urea groups is 1. The highest BCUT2D eigenvalue weighted by Gasteiger charge is 2.50. The van der Waals surface area contributed by atoms with Crippen molar-refractivity contribution in [2.75, 3.05) is 40.8 Å². The van der Waals surface area contributed by atoms with E-state index in [-0.39, 0.29) is 12.1 Å². The first-order chi connectivity index (χ1) is 13.1. The molecule has 0 spiro atoms. The van der Waals surface area contributed by atoms with Gasteiger partial charge in [-0.15, -0.1) is 0 Å². The van der Waals surface area contributed by atoms with E-state index in [1.807, 2.05) is 26.2 Å². The average molecular weight is 372 g/mol. The van der Waals surface area contributed by atoms with Crippen molar-refractivity contribution < 1.29 is 9.53 Å². The molecule has 0 aromatic heterocycles. The second-order valence-corrected chi connectivity index (χ2v) is 8.72. The molecule has 3 fully saturated rings. The molecule has 1 aromatic rings. The molecule has 4 rings (SSSR count). The van der Waals surface area contributed by atoms with E-state index >= 15 is 0 Å². The molecule has 1 aromatic carbocycles. The van der Waals surface area contributed by atoms with Crippen molar-refractivity contribution in [3.8, 4) is 5.75 Å². The fourth-order valence-corrected chi connectivity index (χ4v) is 5.51. The molecule has 27 heavy (non-hydrogen) atoms. The largest absolute Gasteiger partial charge is 0.497 e. The van der Waals surface area contributed by atoms with Crippen molar-refractivity contribution in [3.05, 3.63) is 29.8 Å². The number of carbonyl (C=O) groups is 1. The van der Waals surface area contributed by atoms with Gasteiger partial charge in [0.25, 0.3) is 0 Å². The molecule has 2 amide bonds. The summed E-state index contributed by atoms with van der Waals surface area (Å²) in [4.78, 5) is 19.4. The smallest absolute Gasteiger partial charge is 0.320 e. The Kier molecular flexibility index (Phi) is 5.31. The third-order valence-electron chi connectivity index (χ3n) is 6.87. The van der Waals surface area contributed by atoms with Crippen LogP contribution in [0.2, 0.25) is 0 Å². The number of amides is 2. The van der Waals surface area contributed by atoms with Gasteiger partial charge in [0.1, 0.15) is 5.75 Å². The standard InChI is InChI=1S/C22H33N3O2/c1-23(2)22(26)25-14-17-13-24(18-7-5-4-6-8-18)15-20(17)21(25)16-9-11-19(27-3)12-10-16/h9-12,17-18,20-21H,4-8,13-15H2,1-3H3/t17-,20-,21+/m1/s1. The highest BCUT2D eigenvalue weighted by Crippen LogP contribution is 2.46. The van der Waals surface area contributed by atoms with E-state index in [1.165, 1.54) is 37.7 Å². The molecule has 5 nitrogen and oxygen atoms in total. The molecule has 1 saturated carbocycles. The molecule has 0 bridgehead atoms. The normalized spacial score (nSPS) is 29.0. The van der Waals surface area contributed by atoms with Gasteiger partial charge in [-0.3, -0.25) is 4.90 Å². The van der Waals surface area contributed by atoms with Gasteiger partial charge in [0, 0.05) is 45.7 Å². The molecule has 2 saturated heterocycles. The lowest BCUT2D eigenvalue weighted by atomic mass is 9.89. The van der Waals surface area contributed by atoms with Crippen LogP contribution < -0.4 is 4.74 Å². The molecule has 0 N–H and O–H groups in total. The van der Waals surface area contributed by atoms with Crippen LogP contribution in [0.25, 0.3) is 0 Å². The van der Waals surface area contributed by atoms with Crippen LogP contribution >= 0.6 is 0 Å². The van der Waals surface area contributed by atoms with E-state index in [4.69, 9.17) is 4.74 Å². The van der Waals surface area contributed by atoms with Crippen LogP contribution in [0.4, 0.5) is 4.79 Å². The van der Waals surface area contributed by atoms with Crippen LogP contribution in [-0.2, 0) is 0 Å². The SMILES string of the molecule is COc1ccc([C@H]2[C@@H]3CN(C4CCCCC4)C[C@@H]3CN2C(=O)N(C)C)cc1. The number of carbonyl (C=O) groups excluding carboxylic acids is 1. The van der Waals surface area contributed by atoms with E-state index in [0.717, 1.165) is 31.4 Å². The Bertz CT molecular complexity index is 654. The zero-order valence-electron chi connectivity index (χ0n) is 16.9. The predicted octanol–water partition coefficient (Wildman–Crippen LogP) is 3.61. The minimum absolute atomic E-state index is 0.134. The number of rotatable bonds is 3. The Morgan fingerprint density at radius 2 is 1.74 bits per heavy atom. The summed E-state index contributed by atoms with van der Waals surface area (Å²) < 4.78 is 5.33. The molecule has 3 aliphatic rings. The quantitative estimate of drug-likeness (QED) is 0.814. The number of methoxy groups -OCH3 is 1. The zero-order valence-corrected chi connectivity index (χ0v) is 16.9. The Balaban J connectivity index is 1.57. The van der Waals surface area contributed by atoms with Crippen molar-refractivity contribution in [1.82, 2.24) is 14.7 Å². The van der Waals surface area contributed by atoms with Crippen LogP contribution in [0.3, 0.4) is 0 Å². The first-order valence-electron chi connectivity index (χ1n) is 10.4. The number of hydrogen-bond donors (Lipinski definition) is 0. The van der Waals surface area contributed by atoms with Crippen LogP contribution in [0.1, 0.15) is 43.7 Å². The Morgan fingerprint density at radius 3 is 2.37 bits per heavy atom. The minimum atomic E-state index is 0.134. The molecular weight excluding hydrogens is 338 g/mol. The second kappa shape index (κ2) is 7.70. The van der Waals surface area contributed by atoms with Crippen molar-refractivity contribution >= 4 is 6.03 Å². The fourth-order valence-electron chi connectivity index (χ4n) is 5.51. The molecule has 148 valence electrons. The molecule has 2 heterocycles. The third kappa shape index (κ3) is 3.54. The fraction of sp³-hybridized carbons (Fsp3) is 0.682. The molecule has 3 atom stereocenters. The Labute approximate surface area is 163 Å². The van der Waals surface area contributed by atoms with Crippen molar-refractivity contribution in [2.45, 2.75) is 44.2 Å². The van der Waals surface area contributed by atoms with Gasteiger partial charge >= 0.3 is 6.03 Å². The number of ether oxygens (including phenoxy) is 1. The second-order valence-electron chi connectivity index (χ2n) is 8.72. The summed E-state index contributed by atoms with van der Waals surface area (Å²) in [5.74, 6) is 1.99. The summed E-state index contributed by atoms with van der Waals surface area (Å²) in [7, 11) is 5.41. The number of nitrogens with zero attached hydrogens (tertiary/aromatic N) is 3. The Hall–Kier alpha value is -1.75. The lowest BCUT2D eigenvalue weighted by Crippen LogP contribution is -2.43. The average Bonchev–Trinajstić information content (AvgIpc) is 3.26. The maximum absolute atomic E-state index is 12.9. The van der Waals surface area contributed by atoms with Gasteiger partial charge in [0.15, 0.2) is 0 Å². The van der Waals surface area contributed by atoms with E-state index in [0.29, 0.717) is 11.8 Å². The van der Waals surface area contributed by atoms with Crippen molar-refractivity contribution in [2.24, 2.45) is 11.8 Å². The van der Waals surface area contributed by atoms with E-state index in [1.54, 1.807) is 12.0 Å². The monoisotopic (exact) mass is 371 g/mol. The van der Waals surface area contributed by atoms with Crippen LogP contribution in [0.15, 0.2) is 24.3 Å². The van der Waals surface area contributed by atoms with Crippen molar-refractivity contribution in [1.29, 1.82) is 0 Å². The number of benzene rings is 1. The topological polar surface area (TPSA) is 36.0 Å². The van der Waals surface area contributed by atoms with Gasteiger partial charge in [-0.25, -0.2) is 4.79 Å². The summed E-state index contributed by atoms with van der Waals surface area (Å²) >= 11 is 0. The number of fused-ring (bicyclic) bond motifs is 1. The highest BCUT2D eigenvalue weighted by molar-refractivity contribution is 5.75. The summed E-state index contributed by atoms with van der Waals surface area (Å²) in [6.45, 7) is 3.16. The van der Waals surface area contributed by atoms with Gasteiger partial charge in [-0.05, 0) is 36.5 Å². The lowest BCUT2D eigenvalue weighted by molar-refractivity contribution is 0.136. The maximum Gasteiger partial charge on any atom is 0.320 e. The van der Waals surface area contributed by atoms with Crippen LogP contribution in [0, 0.1) is 11.8 Å². The Morgan fingerprint density at radius 1 is 1.04 bits per heavy atom. The molecule has 5 heteroatoms. The zero-order chi connectivity index (χ0) is 19.0. The van der Waals surface area contributed by atoms with Gasteiger partial charge < -0.3 is 14.5 Å². The lowest BCUT2D eigenvalue weighted by Gasteiger charge is -2.35. The molecular formula is C22H33N3O2. The van der Waals surface area contributed by atoms with E-state index in [9.17, 15) is 4.79 Å². The third-order valence-corrected chi connectivity index (χ3v) is 6.87. The molecule has 0 radical (unpaired) electrons. The van der Waals surface area contributed by atoms with Gasteiger partial charge in [0.2, 0.25) is 0 Å². The van der Waals surface area contributed by atoms with Gasteiger partial charge in [0.05, 0.1) is 13.2 Å². The first-order valence-corrected chi connectivity index (χ1v) is 10.4. The van der Waals surface area contributed by atoms with Gasteiger partial charge in [-0.2, -0.15) is 0 Å². The summed E-state index contributed by atoms with van der Waals surface area (Å²) in [6, 6.07) is 9.40. The molecule has 2 aliphatic heterocycles. The number of hydrogen-bond acceptors (Lipinski definition) is 3. The molecule has 1 aliphatic carbocycles. The molecule has 0 unspecified atom stereocenters. The number of likely N-dealkylation sites (tertiary alicyclic amines) is 2. The highest BCUT2D eigenvalue weighted by atomic mass is 16.5. The summed E-state index contributed by atoms with van der Waals surface area (Å²) in [5, 5.41) is 0. The summed E-state index contributed by atoms with van der Waals surface area (Å²) in [6.07, 6.45) is 6.87. The van der Waals surface area contributed by atoms with E-state index in [2.05, 4.69) is 21.9 Å².